The molecule has 0 bridgehead atoms. The Balaban J connectivity index is 2.33. The second kappa shape index (κ2) is 6.00. The van der Waals surface area contributed by atoms with Crippen molar-refractivity contribution in [1.29, 1.82) is 5.26 Å². The molecule has 8 heteroatoms. The molecule has 1 N–H and O–H groups in total. The molecule has 0 aliphatic rings. The van der Waals surface area contributed by atoms with Crippen molar-refractivity contribution in [2.75, 3.05) is 5.32 Å². The summed E-state index contributed by atoms with van der Waals surface area (Å²) in [5, 5.41) is 26.8. The molecule has 0 saturated carbocycles. The van der Waals surface area contributed by atoms with Crippen LogP contribution < -0.4 is 5.32 Å². The first-order chi connectivity index (χ1) is 10.0. The van der Waals surface area contributed by atoms with Gasteiger partial charge in [-0.3, -0.25) is 10.1 Å². The molecule has 0 fully saturated rings. The van der Waals surface area contributed by atoms with Gasteiger partial charge in [-0.2, -0.15) is 10.2 Å². The number of hydrogen-bond acceptors (Lipinski definition) is 7. The number of benzene rings is 1. The fourth-order valence-electron chi connectivity index (χ4n) is 1.87. The van der Waals surface area contributed by atoms with Crippen molar-refractivity contribution < 1.29 is 9.45 Å². The summed E-state index contributed by atoms with van der Waals surface area (Å²) in [5.74, 6) is 0.869. The Bertz CT molecular complexity index is 704. The lowest BCUT2D eigenvalue weighted by Gasteiger charge is -2.14. The third kappa shape index (κ3) is 3.14. The summed E-state index contributed by atoms with van der Waals surface area (Å²) >= 11 is 0. The Morgan fingerprint density at radius 1 is 1.57 bits per heavy atom. The van der Waals surface area contributed by atoms with Gasteiger partial charge in [0, 0.05) is 13.0 Å². The van der Waals surface area contributed by atoms with Crippen molar-refractivity contribution in [3.63, 3.8) is 0 Å². The van der Waals surface area contributed by atoms with E-state index in [1.165, 1.54) is 18.2 Å². The molecule has 0 aliphatic carbocycles. The number of anilines is 1. The number of nitrogens with one attached hydrogen (secondary N) is 1. The summed E-state index contributed by atoms with van der Waals surface area (Å²) < 4.78 is 4.92. The predicted octanol–water partition coefficient (Wildman–Crippen LogP) is 2.72. The lowest BCUT2D eigenvalue weighted by atomic mass is 10.1. The van der Waals surface area contributed by atoms with Gasteiger partial charge in [0.05, 0.1) is 22.6 Å². The molecule has 108 valence electrons. The first-order valence-corrected chi connectivity index (χ1v) is 6.30. The van der Waals surface area contributed by atoms with E-state index >= 15 is 0 Å². The van der Waals surface area contributed by atoms with E-state index < -0.39 is 4.92 Å². The second-order valence-electron chi connectivity index (χ2n) is 4.38. The smallest absolute Gasteiger partial charge is 0.293 e. The molecular weight excluding hydrogens is 274 g/mol. The molecule has 0 radical (unpaired) electrons. The maximum absolute atomic E-state index is 11.1. The van der Waals surface area contributed by atoms with E-state index in [0.717, 1.165) is 0 Å². The summed E-state index contributed by atoms with van der Waals surface area (Å²) in [4.78, 5) is 14.7. The van der Waals surface area contributed by atoms with Crippen molar-refractivity contribution in [3.8, 4) is 6.07 Å². The van der Waals surface area contributed by atoms with Crippen molar-refractivity contribution >= 4 is 11.4 Å². The van der Waals surface area contributed by atoms with Crippen LogP contribution in [0.4, 0.5) is 11.4 Å². The highest BCUT2D eigenvalue weighted by Gasteiger charge is 2.21. The van der Waals surface area contributed by atoms with Crippen LogP contribution in [0, 0.1) is 28.4 Å². The minimum Gasteiger partial charge on any atom is -0.369 e. The fraction of sp³-hybridized carbons (Fsp3) is 0.308. The van der Waals surface area contributed by atoms with E-state index in [9.17, 15) is 10.1 Å². The second-order valence-corrected chi connectivity index (χ2v) is 4.38. The Morgan fingerprint density at radius 3 is 2.86 bits per heavy atom. The summed E-state index contributed by atoms with van der Waals surface area (Å²) in [6.07, 6.45) is 0.621. The highest BCUT2D eigenvalue weighted by molar-refractivity contribution is 5.64. The molecule has 2 aromatic rings. The fourth-order valence-corrected chi connectivity index (χ4v) is 1.87. The lowest BCUT2D eigenvalue weighted by Crippen LogP contribution is -2.12. The monoisotopic (exact) mass is 287 g/mol. The number of aryl methyl sites for hydroxylation is 1. The number of nitrogens with zero attached hydrogens (tertiary/aromatic N) is 4. The van der Waals surface area contributed by atoms with Crippen LogP contribution in [0.1, 0.15) is 36.7 Å². The van der Waals surface area contributed by atoms with Gasteiger partial charge in [0.1, 0.15) is 5.69 Å². The number of nitro groups is 1. The highest BCUT2D eigenvalue weighted by Crippen LogP contribution is 2.29. The van der Waals surface area contributed by atoms with Crippen LogP contribution in [0.5, 0.6) is 0 Å². The van der Waals surface area contributed by atoms with Gasteiger partial charge < -0.3 is 9.84 Å². The molecule has 2 rings (SSSR count). The molecule has 0 spiro atoms. The van der Waals surface area contributed by atoms with Gasteiger partial charge in [0.25, 0.3) is 5.69 Å². The van der Waals surface area contributed by atoms with E-state index in [0.29, 0.717) is 23.8 Å². The minimum absolute atomic E-state index is 0.160. The van der Waals surface area contributed by atoms with Crippen LogP contribution in [-0.4, -0.2) is 15.1 Å². The standard InChI is InChI=1S/C13H13N5O3/c1-3-10(13-15-8(2)21-17-13)16-11-5-4-9(7-14)6-12(11)18(19)20/h4-6,10,16H,3H2,1-2H3. The largest absolute Gasteiger partial charge is 0.369 e. The predicted molar refractivity (Wildman–Crippen MR) is 73.5 cm³/mol. The average Bonchev–Trinajstić information content (AvgIpc) is 2.91. The summed E-state index contributed by atoms with van der Waals surface area (Å²) in [6.45, 7) is 3.58. The third-order valence-corrected chi connectivity index (χ3v) is 2.92. The molecule has 1 unspecified atom stereocenters. The normalized spacial score (nSPS) is 11.7. The maximum Gasteiger partial charge on any atom is 0.293 e. The number of nitro benzene ring substituents is 1. The van der Waals surface area contributed by atoms with E-state index in [2.05, 4.69) is 15.5 Å². The van der Waals surface area contributed by atoms with Crippen molar-refractivity contribution in [2.24, 2.45) is 0 Å². The first-order valence-electron chi connectivity index (χ1n) is 6.30. The van der Waals surface area contributed by atoms with E-state index in [4.69, 9.17) is 9.78 Å². The minimum atomic E-state index is -0.530. The molecule has 0 saturated heterocycles. The Morgan fingerprint density at radius 2 is 2.33 bits per heavy atom. The van der Waals surface area contributed by atoms with Gasteiger partial charge in [-0.25, -0.2) is 0 Å². The van der Waals surface area contributed by atoms with Crippen LogP contribution in [0.2, 0.25) is 0 Å². The van der Waals surface area contributed by atoms with E-state index in [1.54, 1.807) is 6.92 Å². The summed E-state index contributed by atoms with van der Waals surface area (Å²) in [5.41, 5.74) is 0.386. The Labute approximate surface area is 120 Å². The molecule has 0 amide bonds. The SMILES string of the molecule is CCC(Nc1ccc(C#N)cc1[N+](=O)[O-])c1noc(C)n1. The Kier molecular flexibility index (Phi) is 4.13. The number of rotatable bonds is 5. The van der Waals surface area contributed by atoms with Crippen LogP contribution in [0.3, 0.4) is 0 Å². The average molecular weight is 287 g/mol. The van der Waals surface area contributed by atoms with Gasteiger partial charge in [0.15, 0.2) is 5.82 Å². The number of aromatic nitrogens is 2. The van der Waals surface area contributed by atoms with Gasteiger partial charge in [-0.1, -0.05) is 12.1 Å². The van der Waals surface area contributed by atoms with Crippen LogP contribution in [-0.2, 0) is 0 Å². The zero-order valence-electron chi connectivity index (χ0n) is 11.5. The quantitative estimate of drug-likeness (QED) is 0.663. The topological polar surface area (TPSA) is 118 Å². The molecular formula is C13H13N5O3. The zero-order valence-corrected chi connectivity index (χ0v) is 11.5. The molecule has 21 heavy (non-hydrogen) atoms. The number of nitriles is 1. The zero-order chi connectivity index (χ0) is 15.4. The van der Waals surface area contributed by atoms with Crippen molar-refractivity contribution in [1.82, 2.24) is 10.1 Å². The highest BCUT2D eigenvalue weighted by atomic mass is 16.6. The van der Waals surface area contributed by atoms with Crippen LogP contribution >= 0.6 is 0 Å². The van der Waals surface area contributed by atoms with Crippen LogP contribution in [0.25, 0.3) is 0 Å². The third-order valence-electron chi connectivity index (χ3n) is 2.92. The molecule has 8 nitrogen and oxygen atoms in total. The molecule has 1 aromatic heterocycles. The molecule has 1 heterocycles. The van der Waals surface area contributed by atoms with E-state index in [-0.39, 0.29) is 17.3 Å². The number of hydrogen-bond donors (Lipinski definition) is 1. The van der Waals surface area contributed by atoms with Crippen molar-refractivity contribution in [2.45, 2.75) is 26.3 Å². The molecule has 0 aliphatic heterocycles. The van der Waals surface area contributed by atoms with Gasteiger partial charge in [0.2, 0.25) is 5.89 Å². The van der Waals surface area contributed by atoms with Gasteiger partial charge in [-0.05, 0) is 18.6 Å². The van der Waals surface area contributed by atoms with Crippen molar-refractivity contribution in [3.05, 3.63) is 45.6 Å². The van der Waals surface area contributed by atoms with E-state index in [1.807, 2.05) is 13.0 Å². The summed E-state index contributed by atoms with van der Waals surface area (Å²) in [6, 6.07) is 5.83. The Hall–Kier alpha value is -2.95. The van der Waals surface area contributed by atoms with Gasteiger partial charge >= 0.3 is 0 Å². The lowest BCUT2D eigenvalue weighted by molar-refractivity contribution is -0.384. The summed E-state index contributed by atoms with van der Waals surface area (Å²) in [7, 11) is 0. The van der Waals surface area contributed by atoms with Gasteiger partial charge in [-0.15, -0.1) is 0 Å². The maximum atomic E-state index is 11.1. The molecule has 1 atom stereocenters. The molecule has 1 aromatic carbocycles. The first kappa shape index (κ1) is 14.5. The van der Waals surface area contributed by atoms with Crippen LogP contribution in [0.15, 0.2) is 22.7 Å².